The van der Waals surface area contributed by atoms with Crippen molar-refractivity contribution in [3.05, 3.63) is 39.9 Å². The molecule has 98 valence electrons. The molecule has 0 radical (unpaired) electrons. The van der Waals surface area contributed by atoms with Crippen LogP contribution in [0.4, 0.5) is 5.69 Å². The summed E-state index contributed by atoms with van der Waals surface area (Å²) in [6.45, 7) is 4.64. The molecule has 1 aliphatic rings. The molecule has 2 atom stereocenters. The first-order valence-electron chi connectivity index (χ1n) is 6.22. The Morgan fingerprint density at radius 3 is 2.78 bits per heavy atom. The number of nitrogens with zero attached hydrogens (tertiary/aromatic N) is 1. The molecular formula is C13H18N2O3. The molecule has 0 bridgehead atoms. The molecular weight excluding hydrogens is 232 g/mol. The predicted molar refractivity (Wildman–Crippen MR) is 68.3 cm³/mol. The second-order valence-corrected chi connectivity index (χ2v) is 4.74. The maximum Gasteiger partial charge on any atom is 0.269 e. The first-order chi connectivity index (χ1) is 8.66. The average molecular weight is 250 g/mol. The minimum Gasteiger partial charge on any atom is -0.372 e. The smallest absolute Gasteiger partial charge is 0.269 e. The van der Waals surface area contributed by atoms with E-state index in [9.17, 15) is 10.1 Å². The maximum absolute atomic E-state index is 10.5. The molecule has 18 heavy (non-hydrogen) atoms. The second kappa shape index (κ2) is 5.93. The van der Waals surface area contributed by atoms with E-state index in [0.29, 0.717) is 12.5 Å². The largest absolute Gasteiger partial charge is 0.372 e. The number of hydrogen-bond donors (Lipinski definition) is 1. The molecule has 1 aromatic rings. The van der Waals surface area contributed by atoms with E-state index in [-0.39, 0.29) is 11.8 Å². The summed E-state index contributed by atoms with van der Waals surface area (Å²) in [5, 5.41) is 13.8. The van der Waals surface area contributed by atoms with Crippen molar-refractivity contribution in [2.75, 3.05) is 13.1 Å². The summed E-state index contributed by atoms with van der Waals surface area (Å²) in [5.74, 6) is 0.560. The summed E-state index contributed by atoms with van der Waals surface area (Å²) in [6, 6.07) is 6.53. The number of nitro benzene ring substituents is 1. The maximum atomic E-state index is 10.5. The first kappa shape index (κ1) is 13.0. The van der Waals surface area contributed by atoms with Gasteiger partial charge in [-0.05, 0) is 36.6 Å². The normalized spacial score (nSPS) is 23.8. The highest BCUT2D eigenvalue weighted by atomic mass is 16.6. The number of benzene rings is 1. The standard InChI is InChI=1S/C13H18N2O3/c1-10-6-7-14-8-13(10)18-9-11-2-4-12(5-3-11)15(16)17/h2-5,10,13-14H,6-9H2,1H3. The lowest BCUT2D eigenvalue weighted by Gasteiger charge is -2.29. The molecule has 2 unspecified atom stereocenters. The molecule has 0 amide bonds. The van der Waals surface area contributed by atoms with Gasteiger partial charge in [0.05, 0.1) is 17.6 Å². The van der Waals surface area contributed by atoms with Crippen LogP contribution in [0.15, 0.2) is 24.3 Å². The second-order valence-electron chi connectivity index (χ2n) is 4.74. The van der Waals surface area contributed by atoms with Gasteiger partial charge in [-0.3, -0.25) is 10.1 Å². The Bertz CT molecular complexity index is 405. The van der Waals surface area contributed by atoms with Crippen LogP contribution in [0.25, 0.3) is 0 Å². The zero-order valence-electron chi connectivity index (χ0n) is 10.5. The van der Waals surface area contributed by atoms with Gasteiger partial charge in [0.25, 0.3) is 5.69 Å². The van der Waals surface area contributed by atoms with Crippen molar-refractivity contribution in [2.45, 2.75) is 26.1 Å². The monoisotopic (exact) mass is 250 g/mol. The van der Waals surface area contributed by atoms with Crippen molar-refractivity contribution in [2.24, 2.45) is 5.92 Å². The van der Waals surface area contributed by atoms with E-state index in [0.717, 1.165) is 25.1 Å². The molecule has 2 rings (SSSR count). The number of non-ortho nitro benzene ring substituents is 1. The van der Waals surface area contributed by atoms with E-state index in [2.05, 4.69) is 12.2 Å². The highest BCUT2D eigenvalue weighted by molar-refractivity contribution is 5.32. The Kier molecular flexibility index (Phi) is 4.28. The van der Waals surface area contributed by atoms with Crippen molar-refractivity contribution >= 4 is 5.69 Å². The Balaban J connectivity index is 1.87. The van der Waals surface area contributed by atoms with Crippen LogP contribution in [0.3, 0.4) is 0 Å². The number of nitrogens with one attached hydrogen (secondary N) is 1. The minimum atomic E-state index is -0.391. The lowest BCUT2D eigenvalue weighted by molar-refractivity contribution is -0.384. The fraction of sp³-hybridized carbons (Fsp3) is 0.538. The predicted octanol–water partition coefficient (Wildman–Crippen LogP) is 2.11. The van der Waals surface area contributed by atoms with Crippen LogP contribution in [0.2, 0.25) is 0 Å². The van der Waals surface area contributed by atoms with Crippen LogP contribution >= 0.6 is 0 Å². The highest BCUT2D eigenvalue weighted by Crippen LogP contribution is 2.18. The Morgan fingerprint density at radius 2 is 2.17 bits per heavy atom. The van der Waals surface area contributed by atoms with Crippen molar-refractivity contribution in [1.29, 1.82) is 0 Å². The van der Waals surface area contributed by atoms with E-state index in [1.807, 2.05) is 0 Å². The van der Waals surface area contributed by atoms with Gasteiger partial charge in [-0.25, -0.2) is 0 Å². The zero-order chi connectivity index (χ0) is 13.0. The van der Waals surface area contributed by atoms with Crippen LogP contribution in [0, 0.1) is 16.0 Å². The quantitative estimate of drug-likeness (QED) is 0.656. The summed E-state index contributed by atoms with van der Waals surface area (Å²) in [4.78, 5) is 10.1. The van der Waals surface area contributed by atoms with Gasteiger partial charge in [0.2, 0.25) is 0 Å². The van der Waals surface area contributed by atoms with Crippen LogP contribution in [0.1, 0.15) is 18.9 Å². The number of rotatable bonds is 4. The fourth-order valence-corrected chi connectivity index (χ4v) is 2.10. The van der Waals surface area contributed by atoms with Gasteiger partial charge in [0, 0.05) is 18.7 Å². The topological polar surface area (TPSA) is 64.4 Å². The third kappa shape index (κ3) is 3.27. The molecule has 0 aliphatic carbocycles. The van der Waals surface area contributed by atoms with Gasteiger partial charge in [-0.2, -0.15) is 0 Å². The molecule has 1 heterocycles. The Hall–Kier alpha value is -1.46. The third-order valence-corrected chi connectivity index (χ3v) is 3.37. The third-order valence-electron chi connectivity index (χ3n) is 3.37. The lowest BCUT2D eigenvalue weighted by Crippen LogP contribution is -2.40. The summed E-state index contributed by atoms with van der Waals surface area (Å²) < 4.78 is 5.85. The van der Waals surface area contributed by atoms with E-state index in [4.69, 9.17) is 4.74 Å². The van der Waals surface area contributed by atoms with Gasteiger partial charge in [0.15, 0.2) is 0 Å². The molecule has 5 nitrogen and oxygen atoms in total. The van der Waals surface area contributed by atoms with Gasteiger partial charge >= 0.3 is 0 Å². The molecule has 1 N–H and O–H groups in total. The average Bonchev–Trinajstić information content (AvgIpc) is 2.38. The van der Waals surface area contributed by atoms with E-state index >= 15 is 0 Å². The van der Waals surface area contributed by atoms with Crippen LogP contribution in [-0.4, -0.2) is 24.1 Å². The summed E-state index contributed by atoms with van der Waals surface area (Å²) in [6.07, 6.45) is 1.36. The van der Waals surface area contributed by atoms with Gasteiger partial charge in [-0.15, -0.1) is 0 Å². The zero-order valence-corrected chi connectivity index (χ0v) is 10.5. The number of piperidine rings is 1. The minimum absolute atomic E-state index is 0.117. The lowest BCUT2D eigenvalue weighted by atomic mass is 9.97. The Labute approximate surface area is 106 Å². The summed E-state index contributed by atoms with van der Waals surface area (Å²) in [5.41, 5.74) is 1.09. The van der Waals surface area contributed by atoms with Gasteiger partial charge in [-0.1, -0.05) is 6.92 Å². The highest BCUT2D eigenvalue weighted by Gasteiger charge is 2.21. The molecule has 1 fully saturated rings. The molecule has 1 saturated heterocycles. The molecule has 0 spiro atoms. The molecule has 1 aliphatic heterocycles. The SMILES string of the molecule is CC1CCNCC1OCc1ccc([N+](=O)[O-])cc1. The van der Waals surface area contributed by atoms with E-state index in [1.165, 1.54) is 12.1 Å². The molecule has 5 heteroatoms. The number of hydrogen-bond acceptors (Lipinski definition) is 4. The fourth-order valence-electron chi connectivity index (χ4n) is 2.10. The molecule has 0 saturated carbocycles. The number of nitro groups is 1. The van der Waals surface area contributed by atoms with Crippen LogP contribution < -0.4 is 5.32 Å². The first-order valence-corrected chi connectivity index (χ1v) is 6.22. The van der Waals surface area contributed by atoms with Crippen LogP contribution in [0.5, 0.6) is 0 Å². The van der Waals surface area contributed by atoms with Crippen molar-refractivity contribution < 1.29 is 9.66 Å². The van der Waals surface area contributed by atoms with Gasteiger partial charge < -0.3 is 10.1 Å². The van der Waals surface area contributed by atoms with Crippen molar-refractivity contribution in [3.8, 4) is 0 Å². The Morgan fingerprint density at radius 1 is 1.44 bits per heavy atom. The summed E-state index contributed by atoms with van der Waals surface area (Å²) >= 11 is 0. The number of ether oxygens (including phenoxy) is 1. The van der Waals surface area contributed by atoms with Crippen LogP contribution in [-0.2, 0) is 11.3 Å². The van der Waals surface area contributed by atoms with E-state index < -0.39 is 4.92 Å². The van der Waals surface area contributed by atoms with Crippen molar-refractivity contribution in [3.63, 3.8) is 0 Å². The molecule has 0 aromatic heterocycles. The van der Waals surface area contributed by atoms with Crippen molar-refractivity contribution in [1.82, 2.24) is 5.32 Å². The van der Waals surface area contributed by atoms with E-state index in [1.54, 1.807) is 12.1 Å². The van der Waals surface area contributed by atoms with Gasteiger partial charge in [0.1, 0.15) is 0 Å². The summed E-state index contributed by atoms with van der Waals surface area (Å²) in [7, 11) is 0. The molecule has 1 aromatic carbocycles.